The number of carbonyl (C=O) groups is 2. The molecule has 7 heteroatoms. The Bertz CT molecular complexity index is 475. The summed E-state index contributed by atoms with van der Waals surface area (Å²) in [7, 11) is 0. The number of carboxylic acids is 1. The van der Waals surface area contributed by atoms with Gasteiger partial charge in [-0.2, -0.15) is 0 Å². The first-order chi connectivity index (χ1) is 8.99. The number of amides is 1. The fraction of sp³-hybridized carbons (Fsp3) is 0.417. The number of anilines is 1. The Hall–Kier alpha value is -1.82. The fourth-order valence-corrected chi connectivity index (χ4v) is 1.77. The number of halogens is 1. The van der Waals surface area contributed by atoms with E-state index in [-0.39, 0.29) is 23.0 Å². The number of nitrogens with zero attached hydrogens (tertiary/aromatic N) is 2. The van der Waals surface area contributed by atoms with Gasteiger partial charge in [0.05, 0.1) is 17.1 Å². The second-order valence-electron chi connectivity index (χ2n) is 3.78. The Morgan fingerprint density at radius 3 is 2.53 bits per heavy atom. The van der Waals surface area contributed by atoms with Crippen LogP contribution in [0, 0.1) is 0 Å². The summed E-state index contributed by atoms with van der Waals surface area (Å²) < 4.78 is 0. The van der Waals surface area contributed by atoms with E-state index in [1.165, 1.54) is 12.3 Å². The van der Waals surface area contributed by atoms with Crippen LogP contribution in [0.25, 0.3) is 0 Å². The highest BCUT2D eigenvalue weighted by Gasteiger charge is 2.12. The molecule has 2 N–H and O–H groups in total. The predicted octanol–water partition coefficient (Wildman–Crippen LogP) is 1.71. The lowest BCUT2D eigenvalue weighted by Gasteiger charge is -2.19. The number of hydrogen-bond acceptors (Lipinski definition) is 4. The molecular formula is C12H16ClN3O3. The molecular weight excluding hydrogens is 270 g/mol. The van der Waals surface area contributed by atoms with Crippen molar-refractivity contribution in [3.05, 3.63) is 22.8 Å². The van der Waals surface area contributed by atoms with E-state index in [1.54, 1.807) is 4.90 Å². The number of aromatic carboxylic acids is 1. The molecule has 0 aliphatic carbocycles. The van der Waals surface area contributed by atoms with E-state index < -0.39 is 5.97 Å². The van der Waals surface area contributed by atoms with Crippen LogP contribution < -0.4 is 5.32 Å². The fourth-order valence-electron chi connectivity index (χ4n) is 1.53. The molecule has 0 bridgehead atoms. The summed E-state index contributed by atoms with van der Waals surface area (Å²) >= 11 is 5.89. The zero-order valence-electron chi connectivity index (χ0n) is 10.8. The Morgan fingerprint density at radius 1 is 1.42 bits per heavy atom. The van der Waals surface area contributed by atoms with Crippen LogP contribution in [0.2, 0.25) is 5.02 Å². The topological polar surface area (TPSA) is 82.5 Å². The molecule has 0 fully saturated rings. The first-order valence-electron chi connectivity index (χ1n) is 5.90. The monoisotopic (exact) mass is 285 g/mol. The molecule has 0 unspecified atom stereocenters. The lowest BCUT2D eigenvalue weighted by molar-refractivity contribution is -0.128. The Kier molecular flexibility index (Phi) is 5.57. The van der Waals surface area contributed by atoms with E-state index >= 15 is 0 Å². The molecule has 0 aliphatic rings. The standard InChI is InChI=1S/C12H16ClN3O3/c1-3-16(4-2)10(17)7-15-11-9(13)5-8(6-14-11)12(18)19/h5-6H,3-4,7H2,1-2H3,(H,14,15)(H,18,19). The molecule has 0 saturated carbocycles. The molecule has 19 heavy (non-hydrogen) atoms. The SMILES string of the molecule is CCN(CC)C(=O)CNc1ncc(C(=O)O)cc1Cl. The Labute approximate surface area is 116 Å². The molecule has 0 saturated heterocycles. The van der Waals surface area contributed by atoms with Gasteiger partial charge in [-0.05, 0) is 19.9 Å². The van der Waals surface area contributed by atoms with Gasteiger partial charge < -0.3 is 15.3 Å². The summed E-state index contributed by atoms with van der Waals surface area (Å²) in [6.45, 7) is 5.13. The number of aromatic nitrogens is 1. The third kappa shape index (κ3) is 4.10. The first kappa shape index (κ1) is 15.2. The Morgan fingerprint density at radius 2 is 2.05 bits per heavy atom. The first-order valence-corrected chi connectivity index (χ1v) is 6.27. The molecule has 1 rings (SSSR count). The third-order valence-electron chi connectivity index (χ3n) is 2.61. The maximum Gasteiger partial charge on any atom is 0.337 e. The van der Waals surface area contributed by atoms with Gasteiger partial charge in [0.25, 0.3) is 0 Å². The number of carboxylic acid groups (broad SMARTS) is 1. The maximum absolute atomic E-state index is 11.8. The van der Waals surface area contributed by atoms with Crippen molar-refractivity contribution in [2.45, 2.75) is 13.8 Å². The molecule has 1 aromatic rings. The van der Waals surface area contributed by atoms with Gasteiger partial charge in [0.1, 0.15) is 5.82 Å². The number of pyridine rings is 1. The van der Waals surface area contributed by atoms with Crippen molar-refractivity contribution in [1.29, 1.82) is 0 Å². The van der Waals surface area contributed by atoms with E-state index in [0.29, 0.717) is 18.9 Å². The van der Waals surface area contributed by atoms with Crippen LogP contribution >= 0.6 is 11.6 Å². The van der Waals surface area contributed by atoms with Gasteiger partial charge in [-0.1, -0.05) is 11.6 Å². The molecule has 6 nitrogen and oxygen atoms in total. The van der Waals surface area contributed by atoms with Crippen molar-refractivity contribution in [3.63, 3.8) is 0 Å². The minimum atomic E-state index is -1.10. The normalized spacial score (nSPS) is 10.1. The highest BCUT2D eigenvalue weighted by atomic mass is 35.5. The van der Waals surface area contributed by atoms with E-state index in [2.05, 4.69) is 10.3 Å². The van der Waals surface area contributed by atoms with Crippen molar-refractivity contribution < 1.29 is 14.7 Å². The van der Waals surface area contributed by atoms with Gasteiger partial charge in [0.2, 0.25) is 5.91 Å². The van der Waals surface area contributed by atoms with Crippen LogP contribution in [0.15, 0.2) is 12.3 Å². The van der Waals surface area contributed by atoms with Crippen LogP contribution in [-0.4, -0.2) is 46.5 Å². The van der Waals surface area contributed by atoms with E-state index in [1.807, 2.05) is 13.8 Å². The molecule has 104 valence electrons. The minimum Gasteiger partial charge on any atom is -0.478 e. The number of likely N-dealkylation sites (N-methyl/N-ethyl adjacent to an activating group) is 1. The predicted molar refractivity (Wildman–Crippen MR) is 72.6 cm³/mol. The van der Waals surface area contributed by atoms with Gasteiger partial charge in [0, 0.05) is 19.3 Å². The third-order valence-corrected chi connectivity index (χ3v) is 2.90. The van der Waals surface area contributed by atoms with Gasteiger partial charge in [-0.25, -0.2) is 9.78 Å². The second-order valence-corrected chi connectivity index (χ2v) is 4.19. The van der Waals surface area contributed by atoms with Crippen LogP contribution in [0.1, 0.15) is 24.2 Å². The molecule has 0 radical (unpaired) electrons. The lowest BCUT2D eigenvalue weighted by Crippen LogP contribution is -2.35. The average Bonchev–Trinajstić information content (AvgIpc) is 2.38. The quantitative estimate of drug-likeness (QED) is 0.831. The van der Waals surface area contributed by atoms with E-state index in [4.69, 9.17) is 16.7 Å². The Balaban J connectivity index is 2.68. The summed E-state index contributed by atoms with van der Waals surface area (Å²) in [5.41, 5.74) is 0.00520. The summed E-state index contributed by atoms with van der Waals surface area (Å²) in [5, 5.41) is 11.7. The molecule has 0 atom stereocenters. The van der Waals surface area contributed by atoms with E-state index in [0.717, 1.165) is 0 Å². The molecule has 1 heterocycles. The van der Waals surface area contributed by atoms with Crippen molar-refractivity contribution in [2.75, 3.05) is 25.0 Å². The molecule has 1 aromatic heterocycles. The van der Waals surface area contributed by atoms with Gasteiger partial charge in [0.15, 0.2) is 0 Å². The van der Waals surface area contributed by atoms with Gasteiger partial charge in [-0.15, -0.1) is 0 Å². The largest absolute Gasteiger partial charge is 0.478 e. The second kappa shape index (κ2) is 6.94. The summed E-state index contributed by atoms with van der Waals surface area (Å²) in [5.74, 6) is -0.863. The number of nitrogens with one attached hydrogen (secondary N) is 1. The minimum absolute atomic E-state index is 0.00520. The smallest absolute Gasteiger partial charge is 0.337 e. The van der Waals surface area contributed by atoms with Gasteiger partial charge in [-0.3, -0.25) is 4.79 Å². The molecule has 0 spiro atoms. The van der Waals surface area contributed by atoms with E-state index in [9.17, 15) is 9.59 Å². The molecule has 1 amide bonds. The van der Waals surface area contributed by atoms with Crippen molar-refractivity contribution >= 4 is 29.3 Å². The molecule has 0 aliphatic heterocycles. The summed E-state index contributed by atoms with van der Waals surface area (Å²) in [6.07, 6.45) is 1.19. The zero-order chi connectivity index (χ0) is 14.4. The van der Waals surface area contributed by atoms with Crippen molar-refractivity contribution in [1.82, 2.24) is 9.88 Å². The zero-order valence-corrected chi connectivity index (χ0v) is 11.6. The van der Waals surface area contributed by atoms with Crippen LogP contribution in [-0.2, 0) is 4.79 Å². The highest BCUT2D eigenvalue weighted by molar-refractivity contribution is 6.33. The van der Waals surface area contributed by atoms with Crippen molar-refractivity contribution in [2.24, 2.45) is 0 Å². The van der Waals surface area contributed by atoms with Crippen LogP contribution in [0.5, 0.6) is 0 Å². The molecule has 0 aromatic carbocycles. The number of hydrogen-bond donors (Lipinski definition) is 2. The summed E-state index contributed by atoms with van der Waals surface area (Å²) in [6, 6.07) is 1.29. The van der Waals surface area contributed by atoms with Crippen molar-refractivity contribution in [3.8, 4) is 0 Å². The van der Waals surface area contributed by atoms with Crippen LogP contribution in [0.3, 0.4) is 0 Å². The summed E-state index contributed by atoms with van der Waals surface area (Å²) in [4.78, 5) is 28.0. The van der Waals surface area contributed by atoms with Crippen LogP contribution in [0.4, 0.5) is 5.82 Å². The average molecular weight is 286 g/mol. The van der Waals surface area contributed by atoms with Gasteiger partial charge >= 0.3 is 5.97 Å². The number of carbonyl (C=O) groups excluding carboxylic acids is 1. The highest BCUT2D eigenvalue weighted by Crippen LogP contribution is 2.19. The maximum atomic E-state index is 11.8. The number of rotatable bonds is 6. The lowest BCUT2D eigenvalue weighted by atomic mass is 10.3.